The Morgan fingerprint density at radius 3 is 2.54 bits per heavy atom. The van der Waals surface area contributed by atoms with Crippen LogP contribution in [0, 0.1) is 5.82 Å². The molecule has 7 heteroatoms. The number of carbonyl (C=O) groups excluding carboxylic acids is 2. The highest BCUT2D eigenvalue weighted by Gasteiger charge is 2.37. The normalized spacial score (nSPS) is 17.8. The number of aliphatic carboxylic acids is 1. The van der Waals surface area contributed by atoms with E-state index in [2.05, 4.69) is 5.32 Å². The summed E-state index contributed by atoms with van der Waals surface area (Å²) >= 11 is 0. The Bertz CT molecular complexity index is 632. The van der Waals surface area contributed by atoms with E-state index in [-0.39, 0.29) is 18.0 Å². The van der Waals surface area contributed by atoms with Gasteiger partial charge in [-0.25, -0.2) is 9.18 Å². The summed E-state index contributed by atoms with van der Waals surface area (Å²) in [6.45, 7) is 1.65. The van der Waals surface area contributed by atoms with Crippen LogP contribution in [0.1, 0.15) is 38.2 Å². The van der Waals surface area contributed by atoms with Crippen molar-refractivity contribution in [3.05, 3.63) is 35.6 Å². The summed E-state index contributed by atoms with van der Waals surface area (Å²) in [4.78, 5) is 37.3. The highest BCUT2D eigenvalue weighted by atomic mass is 19.1. The Hall–Kier alpha value is -2.44. The van der Waals surface area contributed by atoms with Crippen LogP contribution in [0.25, 0.3) is 0 Å². The largest absolute Gasteiger partial charge is 0.479 e. The monoisotopic (exact) mass is 336 g/mol. The van der Waals surface area contributed by atoms with Crippen LogP contribution < -0.4 is 5.32 Å². The Morgan fingerprint density at radius 1 is 1.25 bits per heavy atom. The lowest BCUT2D eigenvalue weighted by atomic mass is 9.92. The molecule has 24 heavy (non-hydrogen) atoms. The van der Waals surface area contributed by atoms with Gasteiger partial charge >= 0.3 is 5.97 Å². The van der Waals surface area contributed by atoms with E-state index in [1.807, 2.05) is 0 Å². The van der Waals surface area contributed by atoms with Gasteiger partial charge in [0.15, 0.2) is 5.54 Å². The Labute approximate surface area is 139 Å². The van der Waals surface area contributed by atoms with Crippen molar-refractivity contribution in [1.82, 2.24) is 10.2 Å². The molecule has 1 saturated heterocycles. The number of nitrogens with one attached hydrogen (secondary N) is 1. The third-order valence-electron chi connectivity index (χ3n) is 4.24. The van der Waals surface area contributed by atoms with Crippen molar-refractivity contribution in [3.63, 3.8) is 0 Å². The van der Waals surface area contributed by atoms with Crippen LogP contribution in [-0.4, -0.2) is 40.9 Å². The van der Waals surface area contributed by atoms with E-state index in [4.69, 9.17) is 0 Å². The minimum Gasteiger partial charge on any atom is -0.479 e. The number of hydrogen-bond acceptors (Lipinski definition) is 3. The van der Waals surface area contributed by atoms with E-state index in [0.717, 1.165) is 31.4 Å². The first-order chi connectivity index (χ1) is 11.3. The van der Waals surface area contributed by atoms with Crippen molar-refractivity contribution >= 4 is 17.8 Å². The lowest BCUT2D eigenvalue weighted by Crippen LogP contribution is -2.52. The summed E-state index contributed by atoms with van der Waals surface area (Å²) < 4.78 is 13.1. The maximum absolute atomic E-state index is 13.1. The fourth-order valence-electron chi connectivity index (χ4n) is 2.73. The molecule has 2 amide bonds. The zero-order valence-corrected chi connectivity index (χ0v) is 13.5. The highest BCUT2D eigenvalue weighted by Crippen LogP contribution is 2.22. The van der Waals surface area contributed by atoms with Crippen LogP contribution >= 0.6 is 0 Å². The summed E-state index contributed by atoms with van der Waals surface area (Å²) in [5, 5.41) is 12.0. The van der Waals surface area contributed by atoms with Crippen LogP contribution in [0.15, 0.2) is 24.3 Å². The van der Waals surface area contributed by atoms with E-state index in [0.29, 0.717) is 13.0 Å². The van der Waals surface area contributed by atoms with Crippen molar-refractivity contribution < 1.29 is 23.9 Å². The molecule has 1 unspecified atom stereocenters. The maximum Gasteiger partial charge on any atom is 0.333 e. The van der Waals surface area contributed by atoms with Gasteiger partial charge in [0.25, 0.3) is 0 Å². The summed E-state index contributed by atoms with van der Waals surface area (Å²) in [6.07, 6.45) is 2.97. The maximum atomic E-state index is 13.1. The first-order valence-electron chi connectivity index (χ1n) is 7.91. The molecule has 0 bridgehead atoms. The van der Waals surface area contributed by atoms with Crippen molar-refractivity contribution in [2.75, 3.05) is 13.1 Å². The third kappa shape index (κ3) is 4.10. The van der Waals surface area contributed by atoms with Crippen LogP contribution in [-0.2, 0) is 19.9 Å². The molecular formula is C17H21FN2O4. The summed E-state index contributed by atoms with van der Waals surface area (Å²) in [7, 11) is 0. The number of halogens is 1. The Morgan fingerprint density at radius 2 is 1.92 bits per heavy atom. The minimum atomic E-state index is -1.69. The van der Waals surface area contributed by atoms with E-state index >= 15 is 0 Å². The van der Waals surface area contributed by atoms with Crippen molar-refractivity contribution in [2.45, 2.75) is 38.1 Å². The van der Waals surface area contributed by atoms with Gasteiger partial charge in [-0.05, 0) is 37.5 Å². The fraction of sp³-hybridized carbons (Fsp3) is 0.471. The molecule has 2 rings (SSSR count). The van der Waals surface area contributed by atoms with Gasteiger partial charge in [0.1, 0.15) is 5.82 Å². The molecule has 0 radical (unpaired) electrons. The Balaban J connectivity index is 2.12. The molecule has 1 atom stereocenters. The number of hydrogen-bond donors (Lipinski definition) is 2. The van der Waals surface area contributed by atoms with Gasteiger partial charge in [-0.2, -0.15) is 0 Å². The molecule has 0 aromatic heterocycles. The van der Waals surface area contributed by atoms with Gasteiger partial charge in [-0.3, -0.25) is 9.59 Å². The number of amides is 2. The second-order valence-electron chi connectivity index (χ2n) is 6.11. The number of nitrogens with zero attached hydrogens (tertiary/aromatic N) is 1. The second-order valence-corrected chi connectivity index (χ2v) is 6.11. The predicted octanol–water partition coefficient (Wildman–Crippen LogP) is 1.64. The summed E-state index contributed by atoms with van der Waals surface area (Å²) in [5.74, 6) is -2.40. The van der Waals surface area contributed by atoms with Crippen LogP contribution in [0.4, 0.5) is 4.39 Å². The molecule has 1 aromatic rings. The number of rotatable bonds is 5. The van der Waals surface area contributed by atoms with Crippen LogP contribution in [0.5, 0.6) is 0 Å². The average Bonchev–Trinajstić information content (AvgIpc) is 2.72. The molecule has 0 saturated carbocycles. The molecule has 0 aliphatic carbocycles. The average molecular weight is 336 g/mol. The fourth-order valence-corrected chi connectivity index (χ4v) is 2.73. The Kier molecular flexibility index (Phi) is 5.54. The first-order valence-corrected chi connectivity index (χ1v) is 7.91. The molecule has 1 aromatic carbocycles. The number of benzene rings is 1. The molecule has 1 aliphatic heterocycles. The predicted molar refractivity (Wildman–Crippen MR) is 84.6 cm³/mol. The minimum absolute atomic E-state index is 0.0959. The molecule has 0 spiro atoms. The quantitative estimate of drug-likeness (QED) is 0.856. The molecule has 2 N–H and O–H groups in total. The SMILES string of the molecule is CC(NC(=O)CN1CCCCCC1=O)(C(=O)O)c1ccc(F)cc1. The number of carbonyl (C=O) groups is 3. The lowest BCUT2D eigenvalue weighted by molar-refractivity contribution is -0.148. The van der Waals surface area contributed by atoms with E-state index in [1.165, 1.54) is 24.0 Å². The van der Waals surface area contributed by atoms with Crippen molar-refractivity contribution in [3.8, 4) is 0 Å². The standard InChI is InChI=1S/C17H21FN2O4/c1-17(16(23)24,12-6-8-13(18)9-7-12)19-14(21)11-20-10-4-2-3-5-15(20)22/h6-9H,2-5,10-11H2,1H3,(H,19,21)(H,23,24). The van der Waals surface area contributed by atoms with E-state index in [1.54, 1.807) is 0 Å². The molecule has 1 fully saturated rings. The smallest absolute Gasteiger partial charge is 0.333 e. The van der Waals surface area contributed by atoms with Gasteiger partial charge in [0.05, 0.1) is 6.54 Å². The molecule has 1 aliphatic rings. The van der Waals surface area contributed by atoms with E-state index in [9.17, 15) is 23.9 Å². The lowest BCUT2D eigenvalue weighted by Gasteiger charge is -2.28. The van der Waals surface area contributed by atoms with Crippen molar-refractivity contribution in [2.24, 2.45) is 0 Å². The second kappa shape index (κ2) is 7.42. The first kappa shape index (κ1) is 17.9. The van der Waals surface area contributed by atoms with Gasteiger partial charge in [-0.15, -0.1) is 0 Å². The number of likely N-dealkylation sites (tertiary alicyclic amines) is 1. The van der Waals surface area contributed by atoms with Crippen LogP contribution in [0.2, 0.25) is 0 Å². The highest BCUT2D eigenvalue weighted by molar-refractivity contribution is 5.90. The molecular weight excluding hydrogens is 315 g/mol. The number of carboxylic acids is 1. The van der Waals surface area contributed by atoms with Gasteiger partial charge in [0, 0.05) is 13.0 Å². The molecule has 6 nitrogen and oxygen atoms in total. The zero-order chi connectivity index (χ0) is 17.7. The zero-order valence-electron chi connectivity index (χ0n) is 13.5. The third-order valence-corrected chi connectivity index (χ3v) is 4.24. The van der Waals surface area contributed by atoms with Gasteiger partial charge in [-0.1, -0.05) is 18.6 Å². The summed E-state index contributed by atoms with van der Waals surface area (Å²) in [6, 6.07) is 4.92. The molecule has 1 heterocycles. The topological polar surface area (TPSA) is 86.7 Å². The number of carboxylic acid groups (broad SMARTS) is 1. The van der Waals surface area contributed by atoms with Gasteiger partial charge in [0.2, 0.25) is 11.8 Å². The summed E-state index contributed by atoms with van der Waals surface area (Å²) in [5.41, 5.74) is -1.44. The van der Waals surface area contributed by atoms with Crippen LogP contribution in [0.3, 0.4) is 0 Å². The molecule has 130 valence electrons. The van der Waals surface area contributed by atoms with Crippen molar-refractivity contribution in [1.29, 1.82) is 0 Å². The van der Waals surface area contributed by atoms with E-state index < -0.39 is 23.2 Å². The van der Waals surface area contributed by atoms with Gasteiger partial charge < -0.3 is 15.3 Å².